The number of aliphatic imine (C=N–C) groups is 1. The number of nitrogens with one attached hydrogen (secondary N) is 1. The molecule has 0 radical (unpaired) electrons. The topological polar surface area (TPSA) is 71.9 Å². The van der Waals surface area contributed by atoms with Crippen molar-refractivity contribution in [2.75, 3.05) is 24.7 Å². The Labute approximate surface area is 224 Å². The summed E-state index contributed by atoms with van der Waals surface area (Å²) in [5.74, 6) is 0.922. The number of hydrogen-bond donors (Lipinski definition) is 1. The quantitative estimate of drug-likeness (QED) is 0.363. The first-order chi connectivity index (χ1) is 17.8. The third kappa shape index (κ3) is 6.30. The van der Waals surface area contributed by atoms with Crippen LogP contribution in [-0.2, 0) is 22.3 Å². The van der Waals surface area contributed by atoms with Gasteiger partial charge < -0.3 is 19.4 Å². The van der Waals surface area contributed by atoms with Crippen LogP contribution in [0.3, 0.4) is 0 Å². The normalized spacial score (nSPS) is 20.2. The van der Waals surface area contributed by atoms with Crippen molar-refractivity contribution in [3.8, 4) is 0 Å². The molecule has 8 heteroatoms. The van der Waals surface area contributed by atoms with E-state index in [1.165, 1.54) is 5.56 Å². The molecule has 2 aliphatic heterocycles. The summed E-state index contributed by atoms with van der Waals surface area (Å²) in [7, 11) is -1.94. The van der Waals surface area contributed by atoms with E-state index in [4.69, 9.17) is 19.1 Å². The lowest BCUT2D eigenvalue weighted by Gasteiger charge is -2.42. The Hall–Kier alpha value is -2.13. The Kier molecular flexibility index (Phi) is 9.50. The highest BCUT2D eigenvalue weighted by Gasteiger charge is 2.45. The van der Waals surface area contributed by atoms with Crippen molar-refractivity contribution >= 4 is 26.0 Å². The summed E-state index contributed by atoms with van der Waals surface area (Å²) in [5, 5.41) is 3.62. The molecule has 202 valence electrons. The molecule has 4 rings (SSSR count). The van der Waals surface area contributed by atoms with E-state index in [0.29, 0.717) is 49.0 Å². The van der Waals surface area contributed by atoms with Crippen molar-refractivity contribution in [1.29, 1.82) is 0 Å². The first-order valence-corrected chi connectivity index (χ1v) is 16.1. The van der Waals surface area contributed by atoms with E-state index in [-0.39, 0.29) is 6.04 Å². The van der Waals surface area contributed by atoms with Gasteiger partial charge >= 0.3 is 0 Å². The van der Waals surface area contributed by atoms with Crippen LogP contribution >= 0.6 is 0 Å². The second kappa shape index (κ2) is 12.6. The van der Waals surface area contributed by atoms with Crippen molar-refractivity contribution in [1.82, 2.24) is 15.3 Å². The maximum absolute atomic E-state index is 6.86. The van der Waals surface area contributed by atoms with Crippen LogP contribution in [0.15, 0.2) is 41.7 Å². The fourth-order valence-electron chi connectivity index (χ4n) is 6.33. The number of anilines is 1. The molecule has 0 amide bonds. The van der Waals surface area contributed by atoms with Crippen LogP contribution in [0.2, 0.25) is 16.6 Å². The van der Waals surface area contributed by atoms with E-state index in [1.54, 1.807) is 6.33 Å². The van der Waals surface area contributed by atoms with Gasteiger partial charge in [-0.05, 0) is 35.0 Å². The summed E-state index contributed by atoms with van der Waals surface area (Å²) in [6, 6.07) is 10.7. The van der Waals surface area contributed by atoms with Gasteiger partial charge in [-0.15, -0.1) is 0 Å². The molecule has 2 aromatic rings. The van der Waals surface area contributed by atoms with E-state index >= 15 is 0 Å². The van der Waals surface area contributed by atoms with Crippen LogP contribution in [0.4, 0.5) is 11.5 Å². The first-order valence-electron chi connectivity index (χ1n) is 14.0. The van der Waals surface area contributed by atoms with E-state index < -0.39 is 8.32 Å². The van der Waals surface area contributed by atoms with Crippen molar-refractivity contribution in [2.45, 2.75) is 96.2 Å². The van der Waals surface area contributed by atoms with Crippen molar-refractivity contribution in [2.24, 2.45) is 4.99 Å². The van der Waals surface area contributed by atoms with Gasteiger partial charge in [0, 0.05) is 19.3 Å². The number of nitrogens with zero attached hydrogens (tertiary/aromatic N) is 4. The Bertz CT molecular complexity index is 1010. The zero-order chi connectivity index (χ0) is 26.4. The average Bonchev–Trinajstić information content (AvgIpc) is 3.23. The molecule has 7 nitrogen and oxygen atoms in total. The summed E-state index contributed by atoms with van der Waals surface area (Å²) in [6.45, 7) is 17.5. The second-order valence-electron chi connectivity index (χ2n) is 11.4. The molecule has 1 N–H and O–H groups in total. The molecule has 1 saturated heterocycles. The molecular weight excluding hydrogens is 478 g/mol. The smallest absolute Gasteiger partial charge is 0.200 e. The molecule has 2 aliphatic rings. The monoisotopic (exact) mass is 523 g/mol. The lowest BCUT2D eigenvalue weighted by atomic mass is 10.2. The minimum atomic E-state index is -1.94. The standard InChI is InChI=1S/C29H45N5O2Si/c1-21(2)37(22(3)4,23(5)6)36-18-25-15-31-28-27(16-30-25)32-20-33-29(28)34-14-10-13-26(34)19-35-17-24-11-8-7-9-12-24/h7-9,11-12,15,20-23,25-26,30H,10,13-14,16-19H2,1-6H3/t25-,26+/m0/s1. The zero-order valence-electron chi connectivity index (χ0n) is 23.5. The highest BCUT2D eigenvalue weighted by atomic mass is 28.4. The fraction of sp³-hybridized carbons (Fsp3) is 0.621. The minimum absolute atomic E-state index is 0.0498. The molecule has 1 fully saturated rings. The fourth-order valence-corrected chi connectivity index (χ4v) is 11.8. The molecule has 0 bridgehead atoms. The maximum Gasteiger partial charge on any atom is 0.200 e. The lowest BCUT2D eigenvalue weighted by molar-refractivity contribution is 0.108. The van der Waals surface area contributed by atoms with Crippen LogP contribution in [0.1, 0.15) is 65.6 Å². The van der Waals surface area contributed by atoms with Gasteiger partial charge in [0.15, 0.2) is 14.1 Å². The van der Waals surface area contributed by atoms with Crippen LogP contribution in [0.25, 0.3) is 0 Å². The molecule has 1 aromatic carbocycles. The van der Waals surface area contributed by atoms with Crippen molar-refractivity contribution in [3.05, 3.63) is 47.9 Å². The van der Waals surface area contributed by atoms with Gasteiger partial charge in [-0.2, -0.15) is 0 Å². The van der Waals surface area contributed by atoms with Gasteiger partial charge in [-0.3, -0.25) is 4.99 Å². The van der Waals surface area contributed by atoms with Crippen molar-refractivity contribution in [3.63, 3.8) is 0 Å². The predicted octanol–water partition coefficient (Wildman–Crippen LogP) is 6.03. The largest absolute Gasteiger partial charge is 0.414 e. The number of rotatable bonds is 11. The van der Waals surface area contributed by atoms with Gasteiger partial charge in [-0.1, -0.05) is 71.9 Å². The molecule has 1 aromatic heterocycles. The van der Waals surface area contributed by atoms with Crippen molar-refractivity contribution < 1.29 is 9.16 Å². The van der Waals surface area contributed by atoms with Gasteiger partial charge in [0.2, 0.25) is 0 Å². The molecular formula is C29H45N5O2Si. The first kappa shape index (κ1) is 27.9. The van der Waals surface area contributed by atoms with E-state index in [1.807, 2.05) is 12.3 Å². The Balaban J connectivity index is 1.44. The summed E-state index contributed by atoms with van der Waals surface area (Å²) < 4.78 is 13.0. The summed E-state index contributed by atoms with van der Waals surface area (Å²) in [5.41, 5.74) is 4.70. The number of aromatic nitrogens is 2. The number of fused-ring (bicyclic) bond motifs is 1. The molecule has 3 heterocycles. The predicted molar refractivity (Wildman–Crippen MR) is 154 cm³/mol. The molecule has 2 atom stereocenters. The number of ether oxygens (including phenoxy) is 1. The van der Waals surface area contributed by atoms with Gasteiger partial charge in [0.25, 0.3) is 0 Å². The Morgan fingerprint density at radius 2 is 1.73 bits per heavy atom. The van der Waals surface area contributed by atoms with Crippen LogP contribution < -0.4 is 10.2 Å². The van der Waals surface area contributed by atoms with Gasteiger partial charge in [0.1, 0.15) is 12.0 Å². The Morgan fingerprint density at radius 1 is 1.00 bits per heavy atom. The molecule has 0 spiro atoms. The van der Waals surface area contributed by atoms with Gasteiger partial charge in [0.05, 0.1) is 37.6 Å². The van der Waals surface area contributed by atoms with Crippen LogP contribution in [-0.4, -0.2) is 56.3 Å². The summed E-state index contributed by atoms with van der Waals surface area (Å²) >= 11 is 0. The third-order valence-corrected chi connectivity index (χ3v) is 14.2. The zero-order valence-corrected chi connectivity index (χ0v) is 24.5. The molecule has 0 unspecified atom stereocenters. The molecule has 0 aliphatic carbocycles. The molecule has 0 saturated carbocycles. The summed E-state index contributed by atoms with van der Waals surface area (Å²) in [6.07, 6.45) is 5.91. The lowest BCUT2D eigenvalue weighted by Crippen LogP contribution is -2.50. The SMILES string of the molecule is CC(C)[Si](OC[C@@H]1C=Nc2c(ncnc2N2CCC[C@@H]2COCc2ccccc2)CN1)(C(C)C)C(C)C. The number of benzene rings is 1. The van der Waals surface area contributed by atoms with Gasteiger partial charge in [-0.25, -0.2) is 9.97 Å². The third-order valence-electron chi connectivity index (χ3n) is 8.08. The Morgan fingerprint density at radius 3 is 2.43 bits per heavy atom. The highest BCUT2D eigenvalue weighted by Crippen LogP contribution is 2.42. The summed E-state index contributed by atoms with van der Waals surface area (Å²) in [4.78, 5) is 16.6. The molecule has 37 heavy (non-hydrogen) atoms. The minimum Gasteiger partial charge on any atom is -0.414 e. The maximum atomic E-state index is 6.86. The average molecular weight is 524 g/mol. The second-order valence-corrected chi connectivity index (χ2v) is 16.8. The van der Waals surface area contributed by atoms with E-state index in [9.17, 15) is 0 Å². The van der Waals surface area contributed by atoms with Crippen LogP contribution in [0, 0.1) is 0 Å². The number of hydrogen-bond acceptors (Lipinski definition) is 7. The van der Waals surface area contributed by atoms with Crippen LogP contribution in [0.5, 0.6) is 0 Å². The highest BCUT2D eigenvalue weighted by molar-refractivity contribution is 6.77. The van der Waals surface area contributed by atoms with E-state index in [0.717, 1.165) is 36.6 Å². The van der Waals surface area contributed by atoms with E-state index in [2.05, 4.69) is 81.0 Å².